The SMILES string of the molecule is CCc1ccccc1[C@@]1(O)C[C@H]2CC[C@@H]1[C@@H](O)C2. The average molecular weight is 246 g/mol. The van der Waals surface area contributed by atoms with Crippen LogP contribution >= 0.6 is 0 Å². The van der Waals surface area contributed by atoms with Gasteiger partial charge in [0.1, 0.15) is 0 Å². The van der Waals surface area contributed by atoms with Gasteiger partial charge in [0.05, 0.1) is 11.7 Å². The van der Waals surface area contributed by atoms with Crippen LogP contribution in [0.1, 0.15) is 43.7 Å². The predicted molar refractivity (Wildman–Crippen MR) is 71.2 cm³/mol. The third-order valence-electron chi connectivity index (χ3n) is 5.00. The minimum absolute atomic E-state index is 0.0233. The van der Waals surface area contributed by atoms with E-state index < -0.39 is 5.60 Å². The zero-order valence-corrected chi connectivity index (χ0v) is 11.0. The first kappa shape index (κ1) is 12.2. The smallest absolute Gasteiger partial charge is 0.0954 e. The summed E-state index contributed by atoms with van der Waals surface area (Å²) in [6, 6.07) is 8.18. The summed E-state index contributed by atoms with van der Waals surface area (Å²) in [5.41, 5.74) is 1.48. The summed E-state index contributed by atoms with van der Waals surface area (Å²) in [5, 5.41) is 21.4. The molecule has 0 amide bonds. The van der Waals surface area contributed by atoms with Gasteiger partial charge in [0.2, 0.25) is 0 Å². The van der Waals surface area contributed by atoms with Gasteiger partial charge < -0.3 is 10.2 Å². The molecular formula is C16H22O2. The molecule has 0 radical (unpaired) electrons. The Labute approximate surface area is 109 Å². The maximum absolute atomic E-state index is 11.2. The van der Waals surface area contributed by atoms with Crippen molar-refractivity contribution < 1.29 is 10.2 Å². The molecule has 4 rings (SSSR count). The van der Waals surface area contributed by atoms with E-state index in [0.29, 0.717) is 5.92 Å². The minimum Gasteiger partial charge on any atom is -0.393 e. The van der Waals surface area contributed by atoms with Crippen LogP contribution in [-0.4, -0.2) is 16.3 Å². The van der Waals surface area contributed by atoms with Crippen molar-refractivity contribution in [2.75, 3.05) is 0 Å². The average Bonchev–Trinajstić information content (AvgIpc) is 2.38. The molecule has 0 aliphatic heterocycles. The molecular weight excluding hydrogens is 224 g/mol. The lowest BCUT2D eigenvalue weighted by molar-refractivity contribution is -0.157. The van der Waals surface area contributed by atoms with Crippen LogP contribution in [0.2, 0.25) is 0 Å². The number of aliphatic hydroxyl groups excluding tert-OH is 1. The monoisotopic (exact) mass is 246 g/mol. The van der Waals surface area contributed by atoms with E-state index in [-0.39, 0.29) is 12.0 Å². The zero-order valence-electron chi connectivity index (χ0n) is 11.0. The molecule has 0 aromatic heterocycles. The Morgan fingerprint density at radius 1 is 1.28 bits per heavy atom. The van der Waals surface area contributed by atoms with Gasteiger partial charge in [0.15, 0.2) is 0 Å². The third kappa shape index (κ3) is 1.70. The molecule has 0 spiro atoms. The topological polar surface area (TPSA) is 40.5 Å². The Bertz CT molecular complexity index is 442. The second kappa shape index (κ2) is 4.36. The molecule has 2 nitrogen and oxygen atoms in total. The second-order valence-corrected chi connectivity index (χ2v) is 5.99. The number of fused-ring (bicyclic) bond motifs is 3. The molecule has 2 heteroatoms. The van der Waals surface area contributed by atoms with Crippen molar-refractivity contribution in [2.45, 2.75) is 50.7 Å². The van der Waals surface area contributed by atoms with Crippen molar-refractivity contribution in [2.24, 2.45) is 11.8 Å². The summed E-state index contributed by atoms with van der Waals surface area (Å²) in [5.74, 6) is 0.509. The Morgan fingerprint density at radius 2 is 2.06 bits per heavy atom. The molecule has 3 saturated carbocycles. The highest BCUT2D eigenvalue weighted by Gasteiger charge is 2.52. The van der Waals surface area contributed by atoms with Crippen LogP contribution in [-0.2, 0) is 12.0 Å². The van der Waals surface area contributed by atoms with Gasteiger partial charge >= 0.3 is 0 Å². The first-order chi connectivity index (χ1) is 8.65. The van der Waals surface area contributed by atoms with E-state index in [9.17, 15) is 10.2 Å². The fourth-order valence-corrected chi connectivity index (χ4v) is 4.13. The zero-order chi connectivity index (χ0) is 12.8. The standard InChI is InChI=1S/C16H22O2/c1-2-12-5-3-4-6-13(12)16(18)10-11-7-8-14(16)15(17)9-11/h3-6,11,14-15,17-18H,2,7-10H2,1H3/t11-,14+,15-,16-/m0/s1. The predicted octanol–water partition coefficient (Wildman–Crippen LogP) is 2.62. The number of aryl methyl sites for hydroxylation is 1. The van der Waals surface area contributed by atoms with Gasteiger partial charge in [-0.15, -0.1) is 0 Å². The first-order valence-electron chi connectivity index (χ1n) is 7.14. The van der Waals surface area contributed by atoms with Crippen LogP contribution in [0.25, 0.3) is 0 Å². The van der Waals surface area contributed by atoms with Gasteiger partial charge in [-0.1, -0.05) is 31.2 Å². The van der Waals surface area contributed by atoms with Crippen molar-refractivity contribution in [1.29, 1.82) is 0 Å². The maximum Gasteiger partial charge on any atom is 0.0954 e. The van der Waals surface area contributed by atoms with Crippen LogP contribution in [0.3, 0.4) is 0 Å². The summed E-state index contributed by atoms with van der Waals surface area (Å²) in [6.45, 7) is 2.12. The molecule has 1 aromatic rings. The molecule has 0 heterocycles. The Hall–Kier alpha value is -0.860. The van der Waals surface area contributed by atoms with Crippen LogP contribution in [0, 0.1) is 11.8 Å². The number of hydrogen-bond donors (Lipinski definition) is 2. The summed E-state index contributed by atoms with van der Waals surface area (Å²) in [6.07, 6.45) is 4.44. The second-order valence-electron chi connectivity index (χ2n) is 5.99. The lowest BCUT2D eigenvalue weighted by atomic mass is 9.58. The minimum atomic E-state index is -0.798. The van der Waals surface area contributed by atoms with Crippen molar-refractivity contribution in [1.82, 2.24) is 0 Å². The fourth-order valence-electron chi connectivity index (χ4n) is 4.13. The van der Waals surface area contributed by atoms with E-state index in [4.69, 9.17) is 0 Å². The van der Waals surface area contributed by atoms with Crippen LogP contribution in [0.5, 0.6) is 0 Å². The van der Waals surface area contributed by atoms with E-state index >= 15 is 0 Å². The number of benzene rings is 1. The fraction of sp³-hybridized carbons (Fsp3) is 0.625. The molecule has 2 bridgehead atoms. The van der Waals surface area contributed by atoms with Gasteiger partial charge in [-0.3, -0.25) is 0 Å². The molecule has 4 atom stereocenters. The number of hydrogen-bond acceptors (Lipinski definition) is 2. The Morgan fingerprint density at radius 3 is 2.72 bits per heavy atom. The molecule has 3 fully saturated rings. The van der Waals surface area contributed by atoms with Gasteiger partial charge in [-0.25, -0.2) is 0 Å². The molecule has 2 N–H and O–H groups in total. The molecule has 1 aromatic carbocycles. The van der Waals surface area contributed by atoms with E-state index in [2.05, 4.69) is 13.0 Å². The maximum atomic E-state index is 11.2. The highest BCUT2D eigenvalue weighted by atomic mass is 16.3. The number of aliphatic hydroxyl groups is 2. The molecule has 3 aliphatic carbocycles. The van der Waals surface area contributed by atoms with E-state index in [1.807, 2.05) is 18.2 Å². The van der Waals surface area contributed by atoms with Gasteiger partial charge in [0.25, 0.3) is 0 Å². The van der Waals surface area contributed by atoms with Crippen LogP contribution in [0.4, 0.5) is 0 Å². The van der Waals surface area contributed by atoms with E-state index in [1.165, 1.54) is 12.0 Å². The largest absolute Gasteiger partial charge is 0.393 e. The van der Waals surface area contributed by atoms with Crippen LogP contribution < -0.4 is 0 Å². The molecule has 98 valence electrons. The van der Waals surface area contributed by atoms with Gasteiger partial charge in [-0.05, 0) is 49.1 Å². The summed E-state index contributed by atoms with van der Waals surface area (Å²) < 4.78 is 0. The highest BCUT2D eigenvalue weighted by Crippen LogP contribution is 2.52. The van der Waals surface area contributed by atoms with Crippen molar-refractivity contribution in [3.8, 4) is 0 Å². The lowest BCUT2D eigenvalue weighted by Crippen LogP contribution is -2.52. The summed E-state index contributed by atoms with van der Waals surface area (Å²) >= 11 is 0. The van der Waals surface area contributed by atoms with E-state index in [0.717, 1.165) is 31.2 Å². The van der Waals surface area contributed by atoms with E-state index in [1.54, 1.807) is 0 Å². The summed E-state index contributed by atoms with van der Waals surface area (Å²) in [4.78, 5) is 0. The third-order valence-corrected chi connectivity index (χ3v) is 5.00. The van der Waals surface area contributed by atoms with Gasteiger partial charge in [0, 0.05) is 5.92 Å². The first-order valence-corrected chi connectivity index (χ1v) is 7.14. The lowest BCUT2D eigenvalue weighted by Gasteiger charge is -2.51. The molecule has 18 heavy (non-hydrogen) atoms. The molecule has 3 aliphatic rings. The van der Waals surface area contributed by atoms with Gasteiger partial charge in [-0.2, -0.15) is 0 Å². The van der Waals surface area contributed by atoms with Crippen molar-refractivity contribution >= 4 is 0 Å². The normalized spacial score (nSPS) is 38.9. The molecule has 0 saturated heterocycles. The summed E-state index contributed by atoms with van der Waals surface area (Å²) in [7, 11) is 0. The Kier molecular flexibility index (Phi) is 2.95. The van der Waals surface area contributed by atoms with Crippen LogP contribution in [0.15, 0.2) is 24.3 Å². The Balaban J connectivity index is 2.04. The van der Waals surface area contributed by atoms with Crippen molar-refractivity contribution in [3.63, 3.8) is 0 Å². The molecule has 0 unspecified atom stereocenters. The van der Waals surface area contributed by atoms with Crippen molar-refractivity contribution in [3.05, 3.63) is 35.4 Å². The highest BCUT2D eigenvalue weighted by molar-refractivity contribution is 5.34. The quantitative estimate of drug-likeness (QED) is 0.842. The number of rotatable bonds is 2.